The van der Waals surface area contributed by atoms with Gasteiger partial charge in [-0.1, -0.05) is 0 Å². The Bertz CT molecular complexity index is 234. The van der Waals surface area contributed by atoms with Crippen LogP contribution in [0.5, 0.6) is 0 Å². The van der Waals surface area contributed by atoms with Crippen molar-refractivity contribution >= 4 is 6.09 Å². The van der Waals surface area contributed by atoms with Crippen molar-refractivity contribution in [3.63, 3.8) is 0 Å². The minimum Gasteiger partial charge on any atom is -0.444 e. The Labute approximate surface area is 89.6 Å². The molecule has 1 heterocycles. The van der Waals surface area contributed by atoms with Crippen LogP contribution in [0.15, 0.2) is 0 Å². The number of amides is 1. The van der Waals surface area contributed by atoms with Crippen molar-refractivity contribution in [1.82, 2.24) is 4.90 Å². The Morgan fingerprint density at radius 3 is 2.53 bits per heavy atom. The van der Waals surface area contributed by atoms with Crippen LogP contribution in [0.2, 0.25) is 0 Å². The average molecular weight is 217 g/mol. The molecular formula is C10H19NO4. The van der Waals surface area contributed by atoms with E-state index in [0.29, 0.717) is 13.0 Å². The van der Waals surface area contributed by atoms with E-state index < -0.39 is 24.0 Å². The molecule has 1 amide bonds. The second kappa shape index (κ2) is 4.37. The normalized spacial score (nSPS) is 22.3. The summed E-state index contributed by atoms with van der Waals surface area (Å²) in [5, 5.41) is 18.2. The average Bonchev–Trinajstić information content (AvgIpc) is 2.47. The summed E-state index contributed by atoms with van der Waals surface area (Å²) in [4.78, 5) is 13.0. The van der Waals surface area contributed by atoms with E-state index in [4.69, 9.17) is 14.9 Å². The van der Waals surface area contributed by atoms with Gasteiger partial charge in [-0.2, -0.15) is 0 Å². The summed E-state index contributed by atoms with van der Waals surface area (Å²) < 4.78 is 5.17. The van der Waals surface area contributed by atoms with E-state index >= 15 is 0 Å². The van der Waals surface area contributed by atoms with Gasteiger partial charge in [0.1, 0.15) is 5.60 Å². The van der Waals surface area contributed by atoms with Crippen LogP contribution >= 0.6 is 0 Å². The molecule has 1 aliphatic rings. The topological polar surface area (TPSA) is 70.0 Å². The number of nitrogens with zero attached hydrogens (tertiary/aromatic N) is 1. The van der Waals surface area contributed by atoms with Gasteiger partial charge in [-0.05, 0) is 33.6 Å². The monoisotopic (exact) mass is 217 g/mol. The molecule has 0 spiro atoms. The predicted molar refractivity (Wildman–Crippen MR) is 54.2 cm³/mol. The molecule has 1 fully saturated rings. The zero-order chi connectivity index (χ0) is 11.6. The number of hydrogen-bond acceptors (Lipinski definition) is 4. The molecule has 0 saturated carbocycles. The second-order valence-corrected chi connectivity index (χ2v) is 4.80. The highest BCUT2D eigenvalue weighted by Crippen LogP contribution is 2.22. The number of carbonyl (C=O) groups excluding carboxylic acids is 1. The first kappa shape index (κ1) is 12.3. The molecule has 1 rings (SSSR count). The first-order valence-corrected chi connectivity index (χ1v) is 5.17. The summed E-state index contributed by atoms with van der Waals surface area (Å²) in [6, 6.07) is -0.528. The van der Waals surface area contributed by atoms with Crippen molar-refractivity contribution in [1.29, 1.82) is 0 Å². The van der Waals surface area contributed by atoms with Crippen LogP contribution in [0.1, 0.15) is 33.6 Å². The third-order valence-electron chi connectivity index (χ3n) is 2.27. The van der Waals surface area contributed by atoms with Gasteiger partial charge in [0.15, 0.2) is 6.29 Å². The molecular weight excluding hydrogens is 198 g/mol. The molecule has 0 bridgehead atoms. The van der Waals surface area contributed by atoms with Gasteiger partial charge in [-0.25, -0.2) is 4.79 Å². The minimum atomic E-state index is -1.49. The van der Waals surface area contributed by atoms with E-state index in [-0.39, 0.29) is 0 Å². The van der Waals surface area contributed by atoms with E-state index in [1.807, 2.05) is 0 Å². The van der Waals surface area contributed by atoms with Crippen molar-refractivity contribution in [2.45, 2.75) is 51.5 Å². The maximum Gasteiger partial charge on any atom is 0.410 e. The van der Waals surface area contributed by atoms with Crippen LogP contribution in [0.4, 0.5) is 4.79 Å². The summed E-state index contributed by atoms with van der Waals surface area (Å²) in [5.74, 6) is 0. The lowest BCUT2D eigenvalue weighted by atomic mass is 10.2. The highest BCUT2D eigenvalue weighted by Gasteiger charge is 2.35. The lowest BCUT2D eigenvalue weighted by molar-refractivity contribution is -0.0912. The van der Waals surface area contributed by atoms with Crippen LogP contribution in [-0.2, 0) is 4.74 Å². The summed E-state index contributed by atoms with van der Waals surface area (Å²) in [6.45, 7) is 5.87. The summed E-state index contributed by atoms with van der Waals surface area (Å²) in [5.41, 5.74) is -0.551. The highest BCUT2D eigenvalue weighted by atomic mass is 16.6. The summed E-state index contributed by atoms with van der Waals surface area (Å²) >= 11 is 0. The number of rotatable bonds is 1. The molecule has 0 aliphatic carbocycles. The molecule has 1 saturated heterocycles. The molecule has 15 heavy (non-hydrogen) atoms. The number of ether oxygens (including phenoxy) is 1. The molecule has 5 nitrogen and oxygen atoms in total. The Balaban J connectivity index is 2.59. The van der Waals surface area contributed by atoms with E-state index in [1.165, 1.54) is 4.90 Å². The van der Waals surface area contributed by atoms with Gasteiger partial charge in [0.25, 0.3) is 0 Å². The van der Waals surface area contributed by atoms with E-state index in [1.54, 1.807) is 20.8 Å². The van der Waals surface area contributed by atoms with Gasteiger partial charge in [0.05, 0.1) is 6.04 Å². The standard InChI is InChI=1S/C10H19NO4/c1-10(2,3)15-9(14)11-6-4-5-7(11)8(12)13/h7-8,12-13H,4-6H2,1-3H3. The first-order chi connectivity index (χ1) is 6.81. The van der Waals surface area contributed by atoms with E-state index in [2.05, 4.69) is 0 Å². The largest absolute Gasteiger partial charge is 0.444 e. The third-order valence-corrected chi connectivity index (χ3v) is 2.27. The Kier molecular flexibility index (Phi) is 3.57. The molecule has 2 N–H and O–H groups in total. The zero-order valence-electron chi connectivity index (χ0n) is 9.43. The first-order valence-electron chi connectivity index (χ1n) is 5.17. The van der Waals surface area contributed by atoms with E-state index in [0.717, 1.165) is 6.42 Å². The maximum absolute atomic E-state index is 11.7. The van der Waals surface area contributed by atoms with Gasteiger partial charge < -0.3 is 19.8 Å². The maximum atomic E-state index is 11.7. The fourth-order valence-corrected chi connectivity index (χ4v) is 1.65. The van der Waals surface area contributed by atoms with Crippen LogP contribution in [0, 0.1) is 0 Å². The molecule has 88 valence electrons. The number of hydrogen-bond donors (Lipinski definition) is 2. The Morgan fingerprint density at radius 1 is 1.47 bits per heavy atom. The second-order valence-electron chi connectivity index (χ2n) is 4.80. The third kappa shape index (κ3) is 3.35. The van der Waals surface area contributed by atoms with Crippen molar-refractivity contribution in [2.75, 3.05) is 6.54 Å². The number of likely N-dealkylation sites (tertiary alicyclic amines) is 1. The Hall–Kier alpha value is -0.810. The molecule has 0 aromatic rings. The van der Waals surface area contributed by atoms with Gasteiger partial charge in [0, 0.05) is 6.54 Å². The summed E-state index contributed by atoms with van der Waals surface area (Å²) in [6.07, 6.45) is -0.573. The fraction of sp³-hybridized carbons (Fsp3) is 0.900. The number of aliphatic hydroxyl groups is 2. The molecule has 1 atom stereocenters. The lowest BCUT2D eigenvalue weighted by Crippen LogP contribution is -2.45. The van der Waals surface area contributed by atoms with Crippen LogP contribution in [-0.4, -0.2) is 45.7 Å². The van der Waals surface area contributed by atoms with Crippen LogP contribution in [0.25, 0.3) is 0 Å². The van der Waals surface area contributed by atoms with Gasteiger partial charge in [-0.15, -0.1) is 0 Å². The smallest absolute Gasteiger partial charge is 0.410 e. The SMILES string of the molecule is CC(C)(C)OC(=O)N1CCCC1C(O)O. The highest BCUT2D eigenvalue weighted by molar-refractivity contribution is 5.69. The zero-order valence-corrected chi connectivity index (χ0v) is 9.43. The summed E-state index contributed by atoms with van der Waals surface area (Å²) in [7, 11) is 0. The van der Waals surface area contributed by atoms with E-state index in [9.17, 15) is 4.79 Å². The molecule has 5 heteroatoms. The van der Waals surface area contributed by atoms with Crippen molar-refractivity contribution in [3.05, 3.63) is 0 Å². The van der Waals surface area contributed by atoms with Crippen LogP contribution in [0.3, 0.4) is 0 Å². The van der Waals surface area contributed by atoms with Crippen molar-refractivity contribution in [2.24, 2.45) is 0 Å². The molecule has 1 aliphatic heterocycles. The molecule has 0 aromatic carbocycles. The van der Waals surface area contributed by atoms with Crippen LogP contribution < -0.4 is 0 Å². The number of aliphatic hydroxyl groups excluding tert-OH is 1. The Morgan fingerprint density at radius 2 is 2.07 bits per heavy atom. The van der Waals surface area contributed by atoms with Gasteiger partial charge in [-0.3, -0.25) is 0 Å². The predicted octanol–water partition coefficient (Wildman–Crippen LogP) is 0.697. The molecule has 0 radical (unpaired) electrons. The molecule has 0 aromatic heterocycles. The van der Waals surface area contributed by atoms with Crippen molar-refractivity contribution in [3.8, 4) is 0 Å². The van der Waals surface area contributed by atoms with Crippen molar-refractivity contribution < 1.29 is 19.7 Å². The molecule has 1 unspecified atom stereocenters. The van der Waals surface area contributed by atoms with Gasteiger partial charge >= 0.3 is 6.09 Å². The minimum absolute atomic E-state index is 0.474. The number of carbonyl (C=O) groups is 1. The fourth-order valence-electron chi connectivity index (χ4n) is 1.65. The quantitative estimate of drug-likeness (QED) is 0.634. The van der Waals surface area contributed by atoms with Gasteiger partial charge in [0.2, 0.25) is 0 Å². The lowest BCUT2D eigenvalue weighted by Gasteiger charge is -2.29.